The number of pyridine rings is 1. The van der Waals surface area contributed by atoms with Crippen molar-refractivity contribution in [3.8, 4) is 22.8 Å². The van der Waals surface area contributed by atoms with E-state index < -0.39 is 22.8 Å². The molecule has 0 radical (unpaired) electrons. The molecule has 3 rings (SSSR count). The zero-order valence-electron chi connectivity index (χ0n) is 20.6. The van der Waals surface area contributed by atoms with Gasteiger partial charge in [0.15, 0.2) is 17.3 Å². The van der Waals surface area contributed by atoms with Crippen molar-refractivity contribution in [2.75, 3.05) is 27.4 Å². The summed E-state index contributed by atoms with van der Waals surface area (Å²) in [4.78, 5) is 24.5. The summed E-state index contributed by atoms with van der Waals surface area (Å²) in [5.41, 5.74) is -0.653. The number of hydrogen-bond acceptors (Lipinski definition) is 5. The van der Waals surface area contributed by atoms with Crippen LogP contribution in [0.3, 0.4) is 0 Å². The molecule has 8 heteroatoms. The number of nitrogens with zero attached hydrogens (tertiary/aromatic N) is 1. The van der Waals surface area contributed by atoms with Crippen LogP contribution in [0.5, 0.6) is 11.5 Å². The Morgan fingerprint density at radius 2 is 1.94 bits per heavy atom. The predicted molar refractivity (Wildman–Crippen MR) is 128 cm³/mol. The molecule has 1 aromatic heterocycles. The van der Waals surface area contributed by atoms with Gasteiger partial charge in [0.2, 0.25) is 5.43 Å². The molecule has 1 aliphatic carbocycles. The van der Waals surface area contributed by atoms with Crippen LogP contribution in [-0.4, -0.2) is 43.1 Å². The number of aromatic nitrogens is 1. The Labute approximate surface area is 199 Å². The Balaban J connectivity index is 2.21. The molecule has 1 atom stereocenters. The molecule has 0 saturated heterocycles. The van der Waals surface area contributed by atoms with Crippen LogP contribution in [0.15, 0.2) is 23.1 Å². The molecule has 1 saturated carbocycles. The lowest BCUT2D eigenvalue weighted by Gasteiger charge is -2.41. The maximum Gasteiger partial charge on any atom is 0.341 e. The van der Waals surface area contributed by atoms with Crippen molar-refractivity contribution in [3.63, 3.8) is 0 Å². The summed E-state index contributed by atoms with van der Waals surface area (Å²) in [7, 11) is 3.12. The number of benzene rings is 1. The van der Waals surface area contributed by atoms with Crippen molar-refractivity contribution in [1.29, 1.82) is 0 Å². The van der Waals surface area contributed by atoms with Crippen LogP contribution in [0.25, 0.3) is 11.3 Å². The number of rotatable bonds is 9. The fourth-order valence-corrected chi connectivity index (χ4v) is 4.82. The normalized spacial score (nSPS) is 17.4. The van der Waals surface area contributed by atoms with Gasteiger partial charge in [-0.15, -0.1) is 0 Å². The highest BCUT2D eigenvalue weighted by atomic mass is 19.1. The van der Waals surface area contributed by atoms with Gasteiger partial charge in [0, 0.05) is 37.9 Å². The minimum Gasteiger partial charge on any atom is -0.493 e. The van der Waals surface area contributed by atoms with E-state index >= 15 is 4.39 Å². The molecule has 7 nitrogen and oxygen atoms in total. The first kappa shape index (κ1) is 25.7. The zero-order valence-corrected chi connectivity index (χ0v) is 20.6. The number of carboxylic acid groups (broad SMARTS) is 1. The van der Waals surface area contributed by atoms with Gasteiger partial charge in [0.05, 0.1) is 19.4 Å². The third-order valence-electron chi connectivity index (χ3n) is 6.71. The molecule has 0 aliphatic heterocycles. The van der Waals surface area contributed by atoms with Crippen LogP contribution in [0, 0.1) is 18.2 Å². The lowest BCUT2D eigenvalue weighted by atomic mass is 9.73. The highest BCUT2D eigenvalue weighted by Crippen LogP contribution is 2.46. The fourth-order valence-electron chi connectivity index (χ4n) is 4.82. The highest BCUT2D eigenvalue weighted by molar-refractivity contribution is 5.88. The molecule has 1 heterocycles. The number of methoxy groups -OCH3 is 2. The van der Waals surface area contributed by atoms with Crippen molar-refractivity contribution in [3.05, 3.63) is 45.5 Å². The smallest absolute Gasteiger partial charge is 0.341 e. The maximum absolute atomic E-state index is 15.7. The van der Waals surface area contributed by atoms with Crippen LogP contribution < -0.4 is 14.9 Å². The van der Waals surface area contributed by atoms with Crippen LogP contribution in [0.4, 0.5) is 4.39 Å². The van der Waals surface area contributed by atoms with Gasteiger partial charge in [-0.3, -0.25) is 4.79 Å². The van der Waals surface area contributed by atoms with Crippen LogP contribution in [-0.2, 0) is 4.74 Å². The Morgan fingerprint density at radius 3 is 2.56 bits per heavy atom. The van der Waals surface area contributed by atoms with E-state index in [0.717, 1.165) is 25.7 Å². The SMILES string of the molecule is COCCCOc1cc(C)c(-c2c(F)c(=O)c(C(=O)O)cn2[C@H]2CCCCC2(C)C)cc1OC. The minimum atomic E-state index is -1.44. The van der Waals surface area contributed by atoms with E-state index in [1.54, 1.807) is 23.8 Å². The highest BCUT2D eigenvalue weighted by Gasteiger charge is 2.36. The molecule has 2 aromatic rings. The number of carboxylic acids is 1. The summed E-state index contributed by atoms with van der Waals surface area (Å²) in [5.74, 6) is -1.59. The number of hydrogen-bond donors (Lipinski definition) is 1. The van der Waals surface area contributed by atoms with E-state index in [2.05, 4.69) is 13.8 Å². The molecule has 186 valence electrons. The standard InChI is InChI=1S/C26H34FNO6/c1-16-13-20(34-12-8-11-32-4)19(33-5)14-17(16)23-22(27)24(29)18(25(30)31)15-28(23)21-9-6-7-10-26(21,2)3/h13-15,21H,6-12H2,1-5H3,(H,30,31)/t21-/m0/s1. The second kappa shape index (κ2) is 10.6. The molecule has 0 unspecified atom stereocenters. The summed E-state index contributed by atoms with van der Waals surface area (Å²) in [6.07, 6.45) is 5.68. The summed E-state index contributed by atoms with van der Waals surface area (Å²) in [5, 5.41) is 9.57. The maximum atomic E-state index is 15.7. The van der Waals surface area contributed by atoms with Gasteiger partial charge in [-0.05, 0) is 42.9 Å². The Bertz CT molecular complexity index is 1110. The Kier molecular flexibility index (Phi) is 8.02. The number of aromatic carboxylic acids is 1. The van der Waals surface area contributed by atoms with Gasteiger partial charge in [-0.2, -0.15) is 0 Å². The summed E-state index contributed by atoms with van der Waals surface area (Å²) in [6.45, 7) is 6.99. The first-order chi connectivity index (χ1) is 16.1. The van der Waals surface area contributed by atoms with E-state index in [0.29, 0.717) is 42.3 Å². The minimum absolute atomic E-state index is 0.0803. The average Bonchev–Trinajstić information content (AvgIpc) is 2.78. The molecule has 34 heavy (non-hydrogen) atoms. The van der Waals surface area contributed by atoms with E-state index in [-0.39, 0.29) is 17.2 Å². The summed E-state index contributed by atoms with van der Waals surface area (Å²) in [6, 6.07) is 3.25. The topological polar surface area (TPSA) is 87.0 Å². The second-order valence-corrected chi connectivity index (χ2v) is 9.51. The second-order valence-electron chi connectivity index (χ2n) is 9.51. The molecule has 1 aromatic carbocycles. The van der Waals surface area contributed by atoms with E-state index in [4.69, 9.17) is 14.2 Å². The molecule has 1 aliphatic rings. The third kappa shape index (κ3) is 5.12. The van der Waals surface area contributed by atoms with Gasteiger partial charge in [0.1, 0.15) is 5.56 Å². The molecular weight excluding hydrogens is 441 g/mol. The quantitative estimate of drug-likeness (QED) is 0.500. The molecule has 1 N–H and O–H groups in total. The van der Waals surface area contributed by atoms with Crippen molar-refractivity contribution in [1.82, 2.24) is 4.57 Å². The molecule has 0 spiro atoms. The van der Waals surface area contributed by atoms with Gasteiger partial charge >= 0.3 is 5.97 Å². The zero-order chi connectivity index (χ0) is 25.0. The molecule has 1 fully saturated rings. The van der Waals surface area contributed by atoms with E-state index in [1.165, 1.54) is 13.3 Å². The Hall–Kier alpha value is -2.87. The van der Waals surface area contributed by atoms with Crippen molar-refractivity contribution < 1.29 is 28.5 Å². The van der Waals surface area contributed by atoms with Crippen LogP contribution in [0.2, 0.25) is 0 Å². The van der Waals surface area contributed by atoms with E-state index in [1.807, 2.05) is 6.92 Å². The first-order valence-electron chi connectivity index (χ1n) is 11.6. The largest absolute Gasteiger partial charge is 0.493 e. The van der Waals surface area contributed by atoms with Gasteiger partial charge in [-0.25, -0.2) is 9.18 Å². The monoisotopic (exact) mass is 475 g/mol. The van der Waals surface area contributed by atoms with Gasteiger partial charge < -0.3 is 23.9 Å². The van der Waals surface area contributed by atoms with Crippen molar-refractivity contribution in [2.45, 2.75) is 58.9 Å². The number of halogens is 1. The number of carbonyl (C=O) groups is 1. The summed E-state index contributed by atoms with van der Waals surface area (Å²) < 4.78 is 33.8. The van der Waals surface area contributed by atoms with Crippen molar-refractivity contribution in [2.24, 2.45) is 5.41 Å². The Morgan fingerprint density at radius 1 is 1.21 bits per heavy atom. The molecular formula is C26H34FNO6. The number of ether oxygens (including phenoxy) is 3. The number of aryl methyl sites for hydroxylation is 1. The lowest BCUT2D eigenvalue weighted by Crippen LogP contribution is -2.34. The van der Waals surface area contributed by atoms with Crippen molar-refractivity contribution >= 4 is 5.97 Å². The van der Waals surface area contributed by atoms with Crippen LogP contribution >= 0.6 is 0 Å². The third-order valence-corrected chi connectivity index (χ3v) is 6.71. The van der Waals surface area contributed by atoms with Gasteiger partial charge in [-0.1, -0.05) is 26.7 Å². The first-order valence-corrected chi connectivity index (χ1v) is 11.6. The molecule has 0 amide bonds. The van der Waals surface area contributed by atoms with Gasteiger partial charge in [0.25, 0.3) is 0 Å². The fraction of sp³-hybridized carbons (Fsp3) is 0.538. The van der Waals surface area contributed by atoms with Crippen LogP contribution in [0.1, 0.15) is 67.9 Å². The van der Waals surface area contributed by atoms with E-state index in [9.17, 15) is 14.7 Å². The molecule has 0 bridgehead atoms. The predicted octanol–water partition coefficient (Wildman–Crippen LogP) is 5.23. The lowest BCUT2D eigenvalue weighted by molar-refractivity contribution is 0.0691. The average molecular weight is 476 g/mol. The summed E-state index contributed by atoms with van der Waals surface area (Å²) >= 11 is 0.